The summed E-state index contributed by atoms with van der Waals surface area (Å²) in [6.45, 7) is 2.36. The van der Waals surface area contributed by atoms with Crippen molar-refractivity contribution in [1.82, 2.24) is 4.90 Å². The molecule has 0 heterocycles. The van der Waals surface area contributed by atoms with Crippen LogP contribution >= 0.6 is 0 Å². The molecule has 156 valence electrons. The number of nitrogens with zero attached hydrogens (tertiary/aromatic N) is 1. The van der Waals surface area contributed by atoms with Gasteiger partial charge in [-0.1, -0.05) is 42.5 Å². The molecule has 3 aromatic carbocycles. The molecule has 0 saturated heterocycles. The van der Waals surface area contributed by atoms with E-state index >= 15 is 0 Å². The summed E-state index contributed by atoms with van der Waals surface area (Å²) in [6.07, 6.45) is 2.15. The SMILES string of the molecule is CC(c1ccc2ccccc2c1)N(CC(=O)Nc1cccc(S(N)(=O)=O)c1)C1CC1. The van der Waals surface area contributed by atoms with Gasteiger partial charge in [0.1, 0.15) is 0 Å². The smallest absolute Gasteiger partial charge is 0.238 e. The molecule has 0 aliphatic heterocycles. The Balaban J connectivity index is 1.50. The number of hydrogen-bond acceptors (Lipinski definition) is 4. The highest BCUT2D eigenvalue weighted by Crippen LogP contribution is 2.35. The van der Waals surface area contributed by atoms with Crippen LogP contribution in [-0.4, -0.2) is 31.8 Å². The zero-order valence-corrected chi connectivity index (χ0v) is 17.6. The van der Waals surface area contributed by atoms with Crippen LogP contribution in [-0.2, 0) is 14.8 Å². The number of benzene rings is 3. The third-order valence-electron chi connectivity index (χ3n) is 5.54. The maximum absolute atomic E-state index is 12.7. The minimum absolute atomic E-state index is 0.0242. The van der Waals surface area contributed by atoms with E-state index in [4.69, 9.17) is 5.14 Å². The van der Waals surface area contributed by atoms with Crippen molar-refractivity contribution in [3.63, 3.8) is 0 Å². The van der Waals surface area contributed by atoms with Crippen molar-refractivity contribution in [2.24, 2.45) is 5.14 Å². The van der Waals surface area contributed by atoms with Crippen LogP contribution in [0.3, 0.4) is 0 Å². The molecule has 1 fully saturated rings. The van der Waals surface area contributed by atoms with Crippen LogP contribution in [0.2, 0.25) is 0 Å². The number of nitrogens with two attached hydrogens (primary N) is 1. The normalized spacial score (nSPS) is 15.3. The van der Waals surface area contributed by atoms with E-state index in [2.05, 4.69) is 47.5 Å². The fraction of sp³-hybridized carbons (Fsp3) is 0.261. The molecule has 1 amide bonds. The molecule has 4 rings (SSSR count). The van der Waals surface area contributed by atoms with Crippen molar-refractivity contribution in [1.29, 1.82) is 0 Å². The monoisotopic (exact) mass is 423 g/mol. The van der Waals surface area contributed by atoms with Crippen molar-refractivity contribution in [3.05, 3.63) is 72.3 Å². The molecule has 1 saturated carbocycles. The molecule has 0 radical (unpaired) electrons. The number of carbonyl (C=O) groups is 1. The molecule has 1 aliphatic carbocycles. The molecular formula is C23H25N3O3S. The molecule has 0 aromatic heterocycles. The Kier molecular flexibility index (Phi) is 5.60. The first-order valence-corrected chi connectivity index (χ1v) is 11.5. The molecule has 30 heavy (non-hydrogen) atoms. The Morgan fingerprint density at radius 1 is 1.07 bits per heavy atom. The highest BCUT2D eigenvalue weighted by atomic mass is 32.2. The second kappa shape index (κ2) is 8.18. The second-order valence-electron chi connectivity index (χ2n) is 7.81. The average molecular weight is 424 g/mol. The van der Waals surface area contributed by atoms with E-state index in [9.17, 15) is 13.2 Å². The van der Waals surface area contributed by atoms with Gasteiger partial charge in [-0.2, -0.15) is 0 Å². The van der Waals surface area contributed by atoms with Gasteiger partial charge in [-0.3, -0.25) is 9.69 Å². The number of carbonyl (C=O) groups excluding carboxylic acids is 1. The summed E-state index contributed by atoms with van der Waals surface area (Å²) in [5.41, 5.74) is 1.59. The van der Waals surface area contributed by atoms with Gasteiger partial charge in [0, 0.05) is 17.8 Å². The molecule has 1 unspecified atom stereocenters. The fourth-order valence-corrected chi connectivity index (χ4v) is 4.32. The third-order valence-corrected chi connectivity index (χ3v) is 6.45. The van der Waals surface area contributed by atoms with Crippen LogP contribution in [0.4, 0.5) is 5.69 Å². The van der Waals surface area contributed by atoms with Crippen molar-refractivity contribution < 1.29 is 13.2 Å². The van der Waals surface area contributed by atoms with Crippen LogP contribution in [0, 0.1) is 0 Å². The number of fused-ring (bicyclic) bond motifs is 1. The number of anilines is 1. The predicted octanol–water partition coefficient (Wildman–Crippen LogP) is 3.65. The van der Waals surface area contributed by atoms with Gasteiger partial charge in [0.2, 0.25) is 15.9 Å². The topological polar surface area (TPSA) is 92.5 Å². The minimum Gasteiger partial charge on any atom is -0.325 e. The van der Waals surface area contributed by atoms with Gasteiger partial charge in [-0.15, -0.1) is 0 Å². The molecule has 6 nitrogen and oxygen atoms in total. The number of nitrogens with one attached hydrogen (secondary N) is 1. The first-order valence-electron chi connectivity index (χ1n) is 9.98. The maximum Gasteiger partial charge on any atom is 0.238 e. The summed E-state index contributed by atoms with van der Waals surface area (Å²) in [7, 11) is -3.82. The summed E-state index contributed by atoms with van der Waals surface area (Å²) >= 11 is 0. The highest BCUT2D eigenvalue weighted by molar-refractivity contribution is 7.89. The van der Waals surface area contributed by atoms with Crippen molar-refractivity contribution in [3.8, 4) is 0 Å². The molecule has 0 spiro atoms. The second-order valence-corrected chi connectivity index (χ2v) is 9.37. The first kappa shape index (κ1) is 20.5. The van der Waals surface area contributed by atoms with E-state index in [0.29, 0.717) is 11.7 Å². The number of sulfonamides is 1. The maximum atomic E-state index is 12.7. The molecule has 7 heteroatoms. The summed E-state index contributed by atoms with van der Waals surface area (Å²) in [5, 5.41) is 10.4. The van der Waals surface area contributed by atoms with Crippen molar-refractivity contribution in [2.75, 3.05) is 11.9 Å². The third kappa shape index (κ3) is 4.70. The Hall–Kier alpha value is -2.74. The Morgan fingerprint density at radius 3 is 2.50 bits per heavy atom. The predicted molar refractivity (Wildman–Crippen MR) is 119 cm³/mol. The van der Waals surface area contributed by atoms with Crippen LogP contribution in [0.25, 0.3) is 10.8 Å². The summed E-state index contributed by atoms with van der Waals surface area (Å²) in [5.74, 6) is -0.180. The summed E-state index contributed by atoms with van der Waals surface area (Å²) < 4.78 is 23.1. The quantitative estimate of drug-likeness (QED) is 0.607. The Labute approximate surface area is 176 Å². The van der Waals surface area contributed by atoms with Gasteiger partial charge in [0.15, 0.2) is 0 Å². The van der Waals surface area contributed by atoms with Gasteiger partial charge in [-0.05, 0) is 60.4 Å². The lowest BCUT2D eigenvalue weighted by Gasteiger charge is -2.29. The van der Waals surface area contributed by atoms with E-state index in [1.165, 1.54) is 28.5 Å². The summed E-state index contributed by atoms with van der Waals surface area (Å²) in [4.78, 5) is 14.9. The Morgan fingerprint density at radius 2 is 1.80 bits per heavy atom. The highest BCUT2D eigenvalue weighted by Gasteiger charge is 2.34. The van der Waals surface area contributed by atoms with E-state index in [1.54, 1.807) is 12.1 Å². The largest absolute Gasteiger partial charge is 0.325 e. The molecule has 0 bridgehead atoms. The molecule has 3 aromatic rings. The lowest BCUT2D eigenvalue weighted by molar-refractivity contribution is -0.118. The van der Waals surface area contributed by atoms with E-state index in [-0.39, 0.29) is 23.4 Å². The van der Waals surface area contributed by atoms with Gasteiger partial charge >= 0.3 is 0 Å². The van der Waals surface area contributed by atoms with E-state index in [1.807, 2.05) is 12.1 Å². The standard InChI is InChI=1S/C23H25N3O3S/c1-16(18-10-9-17-5-2-3-6-19(17)13-18)26(21-11-12-21)15-23(27)25-20-7-4-8-22(14-20)30(24,28)29/h2-10,13-14,16,21H,11-12,15H2,1H3,(H,25,27)(H2,24,28,29). The van der Waals surface area contributed by atoms with Gasteiger partial charge in [0.05, 0.1) is 11.4 Å². The van der Waals surface area contributed by atoms with Crippen molar-refractivity contribution >= 4 is 32.4 Å². The number of primary sulfonamides is 1. The van der Waals surface area contributed by atoms with E-state index in [0.717, 1.165) is 12.8 Å². The van der Waals surface area contributed by atoms with Crippen molar-refractivity contribution in [2.45, 2.75) is 36.7 Å². The lowest BCUT2D eigenvalue weighted by atomic mass is 10.0. The molecule has 3 N–H and O–H groups in total. The first-order chi connectivity index (χ1) is 14.3. The molecule has 1 atom stereocenters. The van der Waals surface area contributed by atoms with Crippen LogP contribution < -0.4 is 10.5 Å². The average Bonchev–Trinajstić information content (AvgIpc) is 3.56. The number of amides is 1. The molecule has 1 aliphatic rings. The molecular weight excluding hydrogens is 398 g/mol. The van der Waals surface area contributed by atoms with Gasteiger partial charge in [0.25, 0.3) is 0 Å². The lowest BCUT2D eigenvalue weighted by Crippen LogP contribution is -2.36. The summed E-state index contributed by atoms with van der Waals surface area (Å²) in [6, 6.07) is 21.1. The number of hydrogen-bond donors (Lipinski definition) is 2. The van der Waals surface area contributed by atoms with Crippen LogP contribution in [0.15, 0.2) is 71.6 Å². The zero-order valence-electron chi connectivity index (χ0n) is 16.8. The Bertz CT molecular complexity index is 1190. The van der Waals surface area contributed by atoms with E-state index < -0.39 is 10.0 Å². The van der Waals surface area contributed by atoms with Crippen LogP contribution in [0.1, 0.15) is 31.4 Å². The van der Waals surface area contributed by atoms with Crippen LogP contribution in [0.5, 0.6) is 0 Å². The fourth-order valence-electron chi connectivity index (χ4n) is 3.76. The van der Waals surface area contributed by atoms with Gasteiger partial charge in [-0.25, -0.2) is 13.6 Å². The zero-order chi connectivity index (χ0) is 21.3. The minimum atomic E-state index is -3.82. The number of rotatable bonds is 7. The van der Waals surface area contributed by atoms with Gasteiger partial charge < -0.3 is 5.32 Å².